The Bertz CT molecular complexity index is 690. The normalized spacial score (nSPS) is 20.3. The Kier molecular flexibility index (Phi) is 2.47. The zero-order valence-corrected chi connectivity index (χ0v) is 11.1. The first kappa shape index (κ1) is 11.7. The lowest BCUT2D eigenvalue weighted by atomic mass is 9.97. The molecule has 102 valence electrons. The molecule has 4 rings (SSSR count). The fourth-order valence-electron chi connectivity index (χ4n) is 3.05. The van der Waals surface area contributed by atoms with Crippen LogP contribution in [0, 0.1) is 0 Å². The van der Waals surface area contributed by atoms with E-state index in [1.807, 2.05) is 36.4 Å². The number of carbonyl (C=O) groups excluding carboxylic acids is 1. The van der Waals surface area contributed by atoms with E-state index >= 15 is 0 Å². The minimum atomic E-state index is -0.530. The molecule has 2 heterocycles. The van der Waals surface area contributed by atoms with Gasteiger partial charge >= 0.3 is 0 Å². The number of ether oxygens (including phenoxy) is 1. The van der Waals surface area contributed by atoms with E-state index in [1.165, 1.54) is 0 Å². The van der Waals surface area contributed by atoms with Crippen molar-refractivity contribution in [3.05, 3.63) is 42.0 Å². The minimum absolute atomic E-state index is 0.0288. The van der Waals surface area contributed by atoms with Crippen molar-refractivity contribution in [1.82, 2.24) is 10.6 Å². The first-order chi connectivity index (χ1) is 9.76. The molecule has 0 unspecified atom stereocenters. The summed E-state index contributed by atoms with van der Waals surface area (Å²) in [6, 6.07) is 11.9. The van der Waals surface area contributed by atoms with E-state index in [9.17, 15) is 4.79 Å². The molecule has 0 aliphatic carbocycles. The zero-order chi connectivity index (χ0) is 13.6. The predicted molar refractivity (Wildman–Crippen MR) is 76.9 cm³/mol. The molecule has 1 amide bonds. The lowest BCUT2D eigenvalue weighted by Crippen LogP contribution is -2.60. The summed E-state index contributed by atoms with van der Waals surface area (Å²) < 4.78 is 6.17. The van der Waals surface area contributed by atoms with Gasteiger partial charge in [0.1, 0.15) is 5.75 Å². The molecule has 1 fully saturated rings. The summed E-state index contributed by atoms with van der Waals surface area (Å²) in [4.78, 5) is 12.4. The van der Waals surface area contributed by atoms with Gasteiger partial charge in [0.05, 0.1) is 5.56 Å². The summed E-state index contributed by atoms with van der Waals surface area (Å²) in [7, 11) is 0. The average molecular weight is 268 g/mol. The molecule has 2 aromatic rings. The number of fused-ring (bicyclic) bond motifs is 2. The van der Waals surface area contributed by atoms with E-state index < -0.39 is 5.72 Å². The SMILES string of the molecule is O=C1NC2(CCNCC2)Oc2cc3ccccc3cc21. The van der Waals surface area contributed by atoms with Crippen LogP contribution in [0.5, 0.6) is 5.75 Å². The second-order valence-corrected chi connectivity index (χ2v) is 5.50. The maximum absolute atomic E-state index is 12.4. The topological polar surface area (TPSA) is 50.4 Å². The van der Waals surface area contributed by atoms with E-state index in [1.54, 1.807) is 0 Å². The van der Waals surface area contributed by atoms with Crippen molar-refractivity contribution < 1.29 is 9.53 Å². The lowest BCUT2D eigenvalue weighted by Gasteiger charge is -2.41. The number of nitrogens with one attached hydrogen (secondary N) is 2. The zero-order valence-electron chi connectivity index (χ0n) is 11.1. The molecule has 0 saturated carbocycles. The molecular weight excluding hydrogens is 252 g/mol. The molecular formula is C16H16N2O2. The van der Waals surface area contributed by atoms with Crippen LogP contribution in [0.4, 0.5) is 0 Å². The first-order valence-electron chi connectivity index (χ1n) is 7.01. The van der Waals surface area contributed by atoms with Gasteiger partial charge in [-0.1, -0.05) is 24.3 Å². The molecule has 1 spiro atoms. The van der Waals surface area contributed by atoms with Crippen LogP contribution in [-0.4, -0.2) is 24.7 Å². The predicted octanol–water partition coefficient (Wildman–Crippen LogP) is 2.04. The second-order valence-electron chi connectivity index (χ2n) is 5.50. The third kappa shape index (κ3) is 1.76. The number of piperidine rings is 1. The van der Waals surface area contributed by atoms with E-state index in [4.69, 9.17) is 4.74 Å². The van der Waals surface area contributed by atoms with Crippen molar-refractivity contribution >= 4 is 16.7 Å². The number of carbonyl (C=O) groups is 1. The van der Waals surface area contributed by atoms with Crippen LogP contribution in [-0.2, 0) is 0 Å². The van der Waals surface area contributed by atoms with Gasteiger partial charge < -0.3 is 15.4 Å². The average Bonchev–Trinajstić information content (AvgIpc) is 2.46. The smallest absolute Gasteiger partial charge is 0.258 e. The van der Waals surface area contributed by atoms with Gasteiger partial charge in [0, 0.05) is 25.9 Å². The number of amides is 1. The number of hydrogen-bond donors (Lipinski definition) is 2. The highest BCUT2D eigenvalue weighted by atomic mass is 16.5. The van der Waals surface area contributed by atoms with E-state index in [-0.39, 0.29) is 5.91 Å². The van der Waals surface area contributed by atoms with Crippen LogP contribution in [0.15, 0.2) is 36.4 Å². The van der Waals surface area contributed by atoms with Crippen LogP contribution in [0.3, 0.4) is 0 Å². The second kappa shape index (κ2) is 4.21. The Labute approximate surface area is 117 Å². The molecule has 2 aromatic carbocycles. The van der Waals surface area contributed by atoms with Gasteiger partial charge in [-0.15, -0.1) is 0 Å². The molecule has 0 atom stereocenters. The number of rotatable bonds is 0. The van der Waals surface area contributed by atoms with Crippen molar-refractivity contribution in [2.24, 2.45) is 0 Å². The first-order valence-corrected chi connectivity index (χ1v) is 7.01. The van der Waals surface area contributed by atoms with E-state index in [2.05, 4.69) is 10.6 Å². The summed E-state index contributed by atoms with van der Waals surface area (Å²) in [5.74, 6) is 0.674. The molecule has 0 bridgehead atoms. The van der Waals surface area contributed by atoms with Gasteiger partial charge in [-0.05, 0) is 22.9 Å². The molecule has 20 heavy (non-hydrogen) atoms. The monoisotopic (exact) mass is 268 g/mol. The third-order valence-electron chi connectivity index (χ3n) is 4.15. The summed E-state index contributed by atoms with van der Waals surface area (Å²) in [5.41, 5.74) is 0.102. The highest BCUT2D eigenvalue weighted by molar-refractivity contribution is 6.02. The Balaban J connectivity index is 1.82. The standard InChI is InChI=1S/C16H16N2O2/c19-15-13-9-11-3-1-2-4-12(11)10-14(13)20-16(18-15)5-7-17-8-6-16/h1-4,9-10,17H,5-8H2,(H,18,19). The van der Waals surface area contributed by atoms with Crippen molar-refractivity contribution in [1.29, 1.82) is 0 Å². The highest BCUT2D eigenvalue weighted by Gasteiger charge is 2.40. The number of benzene rings is 2. The molecule has 4 heteroatoms. The Hall–Kier alpha value is -2.07. The minimum Gasteiger partial charge on any atom is -0.467 e. The molecule has 0 aromatic heterocycles. The molecule has 0 radical (unpaired) electrons. The fraction of sp³-hybridized carbons (Fsp3) is 0.312. The third-order valence-corrected chi connectivity index (χ3v) is 4.15. The Morgan fingerprint density at radius 3 is 2.50 bits per heavy atom. The van der Waals surface area contributed by atoms with Gasteiger partial charge in [0.25, 0.3) is 5.91 Å². The van der Waals surface area contributed by atoms with Crippen LogP contribution >= 0.6 is 0 Å². The number of hydrogen-bond acceptors (Lipinski definition) is 3. The van der Waals surface area contributed by atoms with Gasteiger partial charge in [-0.25, -0.2) is 0 Å². The molecule has 2 aliphatic heterocycles. The summed E-state index contributed by atoms with van der Waals surface area (Å²) >= 11 is 0. The molecule has 2 N–H and O–H groups in total. The van der Waals surface area contributed by atoms with Crippen LogP contribution in [0.2, 0.25) is 0 Å². The quantitative estimate of drug-likeness (QED) is 0.768. The van der Waals surface area contributed by atoms with Crippen molar-refractivity contribution in [2.75, 3.05) is 13.1 Å². The summed E-state index contributed by atoms with van der Waals surface area (Å²) in [6.45, 7) is 1.73. The molecule has 1 saturated heterocycles. The van der Waals surface area contributed by atoms with Gasteiger partial charge in [-0.3, -0.25) is 4.79 Å². The Morgan fingerprint density at radius 2 is 1.75 bits per heavy atom. The largest absolute Gasteiger partial charge is 0.467 e. The van der Waals surface area contributed by atoms with Gasteiger partial charge in [0.15, 0.2) is 5.72 Å². The van der Waals surface area contributed by atoms with Gasteiger partial charge in [-0.2, -0.15) is 0 Å². The Morgan fingerprint density at radius 1 is 1.05 bits per heavy atom. The van der Waals surface area contributed by atoms with Crippen molar-refractivity contribution in [3.8, 4) is 5.75 Å². The maximum Gasteiger partial charge on any atom is 0.258 e. The molecule has 4 nitrogen and oxygen atoms in total. The summed E-state index contributed by atoms with van der Waals surface area (Å²) in [6.07, 6.45) is 1.59. The molecule has 2 aliphatic rings. The van der Waals surface area contributed by atoms with E-state index in [0.29, 0.717) is 11.3 Å². The van der Waals surface area contributed by atoms with Crippen LogP contribution in [0.25, 0.3) is 10.8 Å². The van der Waals surface area contributed by atoms with Crippen molar-refractivity contribution in [2.45, 2.75) is 18.6 Å². The lowest BCUT2D eigenvalue weighted by molar-refractivity contribution is -0.00337. The van der Waals surface area contributed by atoms with E-state index in [0.717, 1.165) is 36.7 Å². The van der Waals surface area contributed by atoms with Crippen LogP contribution in [0.1, 0.15) is 23.2 Å². The van der Waals surface area contributed by atoms with Gasteiger partial charge in [0.2, 0.25) is 0 Å². The van der Waals surface area contributed by atoms with Crippen molar-refractivity contribution in [3.63, 3.8) is 0 Å². The highest BCUT2D eigenvalue weighted by Crippen LogP contribution is 2.34. The van der Waals surface area contributed by atoms with Crippen LogP contribution < -0.4 is 15.4 Å². The summed E-state index contributed by atoms with van der Waals surface area (Å²) in [5, 5.41) is 8.51. The fourth-order valence-corrected chi connectivity index (χ4v) is 3.05. The maximum atomic E-state index is 12.4.